The van der Waals surface area contributed by atoms with Crippen LogP contribution < -0.4 is 0 Å². The smallest absolute Gasteiger partial charge is 0.137 e. The lowest BCUT2D eigenvalue weighted by Crippen LogP contribution is -1.96. The van der Waals surface area contributed by atoms with Crippen LogP contribution >= 0.6 is 31.9 Å². The van der Waals surface area contributed by atoms with Gasteiger partial charge in [0, 0.05) is 0 Å². The average Bonchev–Trinajstić information content (AvgIpc) is 2.50. The van der Waals surface area contributed by atoms with E-state index in [1.54, 1.807) is 0 Å². The molecule has 0 amide bonds. The van der Waals surface area contributed by atoms with Gasteiger partial charge in [0.15, 0.2) is 0 Å². The summed E-state index contributed by atoms with van der Waals surface area (Å²) < 4.78 is 13.9. The van der Waals surface area contributed by atoms with E-state index in [1.165, 1.54) is 28.0 Å². The number of fused-ring (bicyclic) bond motifs is 1. The molecule has 0 N–H and O–H groups in total. The number of benzene rings is 3. The van der Waals surface area contributed by atoms with Gasteiger partial charge < -0.3 is 0 Å². The molecule has 106 valence electrons. The third-order valence-corrected chi connectivity index (χ3v) is 5.31. The molecule has 0 aliphatic carbocycles. The molecule has 1 unspecified atom stereocenters. The summed E-state index contributed by atoms with van der Waals surface area (Å²) in [5, 5.41) is 2.47. The van der Waals surface area contributed by atoms with Gasteiger partial charge in [-0.1, -0.05) is 58.4 Å². The monoisotopic (exact) mass is 406 g/mol. The summed E-state index contributed by atoms with van der Waals surface area (Å²) in [6.07, 6.45) is 0. The first kappa shape index (κ1) is 14.7. The second kappa shape index (κ2) is 5.90. The summed E-state index contributed by atoms with van der Waals surface area (Å²) in [4.78, 5) is 0.0277. The van der Waals surface area contributed by atoms with Crippen LogP contribution in [-0.2, 0) is 0 Å². The molecule has 21 heavy (non-hydrogen) atoms. The Kier molecular flexibility index (Phi) is 4.14. The van der Waals surface area contributed by atoms with Crippen molar-refractivity contribution in [2.75, 3.05) is 0 Å². The normalized spacial score (nSPS) is 12.6. The lowest BCUT2D eigenvalue weighted by Gasteiger charge is -2.15. The molecule has 0 nitrogen and oxygen atoms in total. The predicted octanol–water partition coefficient (Wildman–Crippen LogP) is 6.53. The Labute approximate surface area is 140 Å². The molecule has 0 saturated heterocycles. The topological polar surface area (TPSA) is 0 Å². The third kappa shape index (κ3) is 2.77. The van der Waals surface area contributed by atoms with Crippen LogP contribution in [0.15, 0.2) is 59.1 Å². The van der Waals surface area contributed by atoms with E-state index in [0.29, 0.717) is 4.47 Å². The highest BCUT2D eigenvalue weighted by molar-refractivity contribution is 9.10. The number of hydrogen-bond acceptors (Lipinski definition) is 0. The predicted molar refractivity (Wildman–Crippen MR) is 93.6 cm³/mol. The molecule has 0 aliphatic heterocycles. The fourth-order valence-electron chi connectivity index (χ4n) is 2.54. The van der Waals surface area contributed by atoms with E-state index in [4.69, 9.17) is 0 Å². The molecule has 3 aromatic rings. The quantitative estimate of drug-likeness (QED) is 0.423. The van der Waals surface area contributed by atoms with Gasteiger partial charge in [0.2, 0.25) is 0 Å². The standard InChI is InChI=1S/C18H13Br2F/c1-11-6-8-15(14-5-3-2-4-13(11)14)18(20)12-7-9-17(21)16(19)10-12/h2-10,18H,1H3. The zero-order valence-corrected chi connectivity index (χ0v) is 14.6. The van der Waals surface area contributed by atoms with Crippen molar-refractivity contribution in [2.45, 2.75) is 11.8 Å². The highest BCUT2D eigenvalue weighted by atomic mass is 79.9. The first-order valence-electron chi connectivity index (χ1n) is 6.65. The maximum Gasteiger partial charge on any atom is 0.137 e. The average molecular weight is 408 g/mol. The van der Waals surface area contributed by atoms with Crippen LogP contribution in [0.5, 0.6) is 0 Å². The third-order valence-electron chi connectivity index (χ3n) is 3.69. The van der Waals surface area contributed by atoms with Gasteiger partial charge >= 0.3 is 0 Å². The van der Waals surface area contributed by atoms with Crippen molar-refractivity contribution < 1.29 is 4.39 Å². The maximum atomic E-state index is 13.4. The molecule has 0 aromatic heterocycles. The van der Waals surface area contributed by atoms with Gasteiger partial charge in [-0.3, -0.25) is 0 Å². The number of alkyl halides is 1. The van der Waals surface area contributed by atoms with E-state index < -0.39 is 0 Å². The van der Waals surface area contributed by atoms with Crippen molar-refractivity contribution in [3.05, 3.63) is 81.6 Å². The van der Waals surface area contributed by atoms with Crippen LogP contribution in [0, 0.1) is 12.7 Å². The number of hydrogen-bond donors (Lipinski definition) is 0. The lowest BCUT2D eigenvalue weighted by atomic mass is 9.96. The minimum absolute atomic E-state index is 0.0277. The highest BCUT2D eigenvalue weighted by Crippen LogP contribution is 2.37. The van der Waals surface area contributed by atoms with E-state index in [2.05, 4.69) is 69.1 Å². The van der Waals surface area contributed by atoms with Crippen LogP contribution in [0.25, 0.3) is 10.8 Å². The molecule has 0 radical (unpaired) electrons. The summed E-state index contributed by atoms with van der Waals surface area (Å²) in [6.45, 7) is 2.11. The number of rotatable bonds is 2. The zero-order chi connectivity index (χ0) is 15.0. The van der Waals surface area contributed by atoms with E-state index in [1.807, 2.05) is 18.2 Å². The molecule has 0 heterocycles. The minimum atomic E-state index is -0.243. The van der Waals surface area contributed by atoms with Gasteiger partial charge in [-0.2, -0.15) is 0 Å². The van der Waals surface area contributed by atoms with Gasteiger partial charge in [-0.15, -0.1) is 0 Å². The zero-order valence-electron chi connectivity index (χ0n) is 11.4. The van der Waals surface area contributed by atoms with Crippen LogP contribution in [-0.4, -0.2) is 0 Å². The Hall–Kier alpha value is -1.19. The Morgan fingerprint density at radius 1 is 0.952 bits per heavy atom. The number of aryl methyl sites for hydroxylation is 1. The van der Waals surface area contributed by atoms with Crippen LogP contribution in [0.2, 0.25) is 0 Å². The molecule has 3 rings (SSSR count). The molecule has 0 saturated carbocycles. The van der Waals surface area contributed by atoms with Gasteiger partial charge in [-0.25, -0.2) is 4.39 Å². The molecule has 1 atom stereocenters. The van der Waals surface area contributed by atoms with E-state index in [0.717, 1.165) is 5.56 Å². The highest BCUT2D eigenvalue weighted by Gasteiger charge is 2.15. The first-order valence-corrected chi connectivity index (χ1v) is 8.36. The molecule has 0 aliphatic rings. The summed E-state index contributed by atoms with van der Waals surface area (Å²) in [6, 6.07) is 17.8. The van der Waals surface area contributed by atoms with Crippen molar-refractivity contribution in [2.24, 2.45) is 0 Å². The van der Waals surface area contributed by atoms with Crippen LogP contribution in [0.3, 0.4) is 0 Å². The molecule has 0 spiro atoms. The van der Waals surface area contributed by atoms with Gasteiger partial charge in [-0.05, 0) is 62.4 Å². The Balaban J connectivity index is 2.15. The van der Waals surface area contributed by atoms with Crippen molar-refractivity contribution in [3.8, 4) is 0 Å². The van der Waals surface area contributed by atoms with Gasteiger partial charge in [0.05, 0.1) is 9.30 Å². The van der Waals surface area contributed by atoms with Gasteiger partial charge in [0.25, 0.3) is 0 Å². The molecular formula is C18H13Br2F. The largest absolute Gasteiger partial charge is 0.206 e. The van der Waals surface area contributed by atoms with Crippen molar-refractivity contribution in [1.29, 1.82) is 0 Å². The van der Waals surface area contributed by atoms with E-state index in [9.17, 15) is 4.39 Å². The number of halogens is 3. The van der Waals surface area contributed by atoms with Gasteiger partial charge in [0.1, 0.15) is 5.82 Å². The van der Waals surface area contributed by atoms with Crippen molar-refractivity contribution in [1.82, 2.24) is 0 Å². The first-order chi connectivity index (χ1) is 10.1. The SMILES string of the molecule is Cc1ccc(C(Br)c2ccc(F)c(Br)c2)c2ccccc12. The fourth-order valence-corrected chi connectivity index (χ4v) is 3.62. The minimum Gasteiger partial charge on any atom is -0.206 e. The molecule has 3 heteroatoms. The lowest BCUT2D eigenvalue weighted by molar-refractivity contribution is 0.620. The molecular weight excluding hydrogens is 395 g/mol. The summed E-state index contributed by atoms with van der Waals surface area (Å²) >= 11 is 7.01. The molecule has 3 aromatic carbocycles. The summed E-state index contributed by atoms with van der Waals surface area (Å²) in [5.41, 5.74) is 3.47. The van der Waals surface area contributed by atoms with E-state index in [-0.39, 0.29) is 10.6 Å². The Morgan fingerprint density at radius 2 is 1.67 bits per heavy atom. The summed E-state index contributed by atoms with van der Waals surface area (Å²) in [5.74, 6) is -0.243. The fraction of sp³-hybridized carbons (Fsp3) is 0.111. The second-order valence-corrected chi connectivity index (χ2v) is 6.82. The Bertz CT molecular complexity index is 811. The maximum absolute atomic E-state index is 13.4. The summed E-state index contributed by atoms with van der Waals surface area (Å²) in [7, 11) is 0. The Morgan fingerprint density at radius 3 is 2.38 bits per heavy atom. The molecule has 0 bridgehead atoms. The van der Waals surface area contributed by atoms with Crippen LogP contribution in [0.1, 0.15) is 21.5 Å². The van der Waals surface area contributed by atoms with Crippen LogP contribution in [0.4, 0.5) is 4.39 Å². The van der Waals surface area contributed by atoms with Crippen molar-refractivity contribution in [3.63, 3.8) is 0 Å². The molecule has 0 fully saturated rings. The second-order valence-electron chi connectivity index (χ2n) is 5.05. The van der Waals surface area contributed by atoms with Crippen molar-refractivity contribution >= 4 is 42.6 Å². The van der Waals surface area contributed by atoms with E-state index >= 15 is 0 Å².